The van der Waals surface area contributed by atoms with Gasteiger partial charge in [0.2, 0.25) is 0 Å². The van der Waals surface area contributed by atoms with Crippen LogP contribution in [0, 0.1) is 6.92 Å². The highest BCUT2D eigenvalue weighted by Gasteiger charge is 2.16. The van der Waals surface area contributed by atoms with Gasteiger partial charge < -0.3 is 9.08 Å². The maximum Gasteiger partial charge on any atom is 0.339 e. The van der Waals surface area contributed by atoms with Gasteiger partial charge in [0.15, 0.2) is 0 Å². The normalized spacial score (nSPS) is 13.1. The van der Waals surface area contributed by atoms with Crippen molar-refractivity contribution < 1.29 is 12.6 Å². The van der Waals surface area contributed by atoms with Gasteiger partial charge in [0.1, 0.15) is 10.6 Å². The number of nitrogens with zero attached hydrogens (tertiary/aromatic N) is 1. The predicted octanol–water partition coefficient (Wildman–Crippen LogP) is 3.26. The van der Waals surface area contributed by atoms with Crippen molar-refractivity contribution in [3.05, 3.63) is 59.7 Å². The molecule has 23 heavy (non-hydrogen) atoms. The lowest BCUT2D eigenvalue weighted by Gasteiger charge is -2.19. The number of benzene rings is 2. The van der Waals surface area contributed by atoms with Crippen LogP contribution >= 0.6 is 0 Å². The Morgan fingerprint density at radius 2 is 1.57 bits per heavy atom. The van der Waals surface area contributed by atoms with Gasteiger partial charge in [-0.05, 0) is 64.2 Å². The molecule has 0 saturated carbocycles. The molecule has 1 atom stereocenters. The Labute approximate surface area is 138 Å². The van der Waals surface area contributed by atoms with Crippen molar-refractivity contribution in [2.24, 2.45) is 0 Å². The van der Waals surface area contributed by atoms with Crippen LogP contribution in [0.5, 0.6) is 5.75 Å². The van der Waals surface area contributed by atoms with Crippen LogP contribution in [0.1, 0.15) is 18.1 Å². The van der Waals surface area contributed by atoms with E-state index in [1.54, 1.807) is 36.4 Å². The minimum Gasteiger partial charge on any atom is -0.379 e. The Morgan fingerprint density at radius 3 is 2.09 bits per heavy atom. The van der Waals surface area contributed by atoms with Gasteiger partial charge in [0.05, 0.1) is 0 Å². The molecule has 2 aromatic carbocycles. The molecule has 0 amide bonds. The van der Waals surface area contributed by atoms with E-state index in [4.69, 9.17) is 4.18 Å². The Balaban J connectivity index is 2.09. The van der Waals surface area contributed by atoms with Crippen LogP contribution in [0.25, 0.3) is 0 Å². The van der Waals surface area contributed by atoms with Crippen molar-refractivity contribution in [3.8, 4) is 5.75 Å². The first-order chi connectivity index (χ1) is 10.8. The SMILES string of the molecule is Cc1ccc(S(=O)(=O)Oc2ccc(CC(C)N(C)C)cc2)cc1. The van der Waals surface area contributed by atoms with Crippen LogP contribution in [-0.4, -0.2) is 33.5 Å². The van der Waals surface area contributed by atoms with Gasteiger partial charge in [0.25, 0.3) is 0 Å². The third-order valence-electron chi connectivity index (χ3n) is 3.85. The summed E-state index contributed by atoms with van der Waals surface area (Å²) in [6.07, 6.45) is 0.901. The molecule has 0 bridgehead atoms. The molecular weight excluding hydrogens is 310 g/mol. The molecule has 0 saturated heterocycles. The second-order valence-electron chi connectivity index (χ2n) is 6.01. The Bertz CT molecular complexity index is 735. The zero-order valence-corrected chi connectivity index (χ0v) is 14.8. The van der Waals surface area contributed by atoms with E-state index in [0.29, 0.717) is 11.8 Å². The molecule has 0 fully saturated rings. The fourth-order valence-corrected chi connectivity index (χ4v) is 3.01. The molecule has 1 unspecified atom stereocenters. The maximum atomic E-state index is 12.2. The lowest BCUT2D eigenvalue weighted by Crippen LogP contribution is -2.26. The topological polar surface area (TPSA) is 46.6 Å². The van der Waals surface area contributed by atoms with E-state index in [0.717, 1.165) is 17.5 Å². The Morgan fingerprint density at radius 1 is 1.00 bits per heavy atom. The van der Waals surface area contributed by atoms with Crippen molar-refractivity contribution in [3.63, 3.8) is 0 Å². The standard InChI is InChI=1S/C18H23NO3S/c1-14-5-11-18(12-6-14)23(20,21)22-17-9-7-16(8-10-17)13-15(2)19(3)4/h5-12,15H,13H2,1-4H3. The van der Waals surface area contributed by atoms with Crippen LogP contribution in [0.2, 0.25) is 0 Å². The van der Waals surface area contributed by atoms with E-state index in [2.05, 4.69) is 11.8 Å². The van der Waals surface area contributed by atoms with Crippen LogP contribution in [0.15, 0.2) is 53.4 Å². The van der Waals surface area contributed by atoms with Crippen LogP contribution in [-0.2, 0) is 16.5 Å². The van der Waals surface area contributed by atoms with Gasteiger partial charge in [-0.3, -0.25) is 0 Å². The third-order valence-corrected chi connectivity index (χ3v) is 5.11. The quantitative estimate of drug-likeness (QED) is 0.761. The highest BCUT2D eigenvalue weighted by Crippen LogP contribution is 2.20. The highest BCUT2D eigenvalue weighted by molar-refractivity contribution is 7.87. The van der Waals surface area contributed by atoms with E-state index in [1.165, 1.54) is 0 Å². The van der Waals surface area contributed by atoms with Crippen molar-refractivity contribution in [1.29, 1.82) is 0 Å². The molecule has 0 aliphatic heterocycles. The third kappa shape index (κ3) is 4.81. The van der Waals surface area contributed by atoms with Crippen molar-refractivity contribution in [2.75, 3.05) is 14.1 Å². The molecule has 2 aromatic rings. The molecule has 0 aliphatic carbocycles. The minimum atomic E-state index is -3.79. The van der Waals surface area contributed by atoms with E-state index < -0.39 is 10.1 Å². The van der Waals surface area contributed by atoms with Gasteiger partial charge in [-0.2, -0.15) is 8.42 Å². The monoisotopic (exact) mass is 333 g/mol. The molecule has 2 rings (SSSR count). The lowest BCUT2D eigenvalue weighted by molar-refractivity contribution is 0.312. The van der Waals surface area contributed by atoms with Crippen molar-refractivity contribution >= 4 is 10.1 Å². The highest BCUT2D eigenvalue weighted by atomic mass is 32.2. The lowest BCUT2D eigenvalue weighted by atomic mass is 10.1. The summed E-state index contributed by atoms with van der Waals surface area (Å²) in [5.74, 6) is 0.326. The van der Waals surface area contributed by atoms with Gasteiger partial charge in [-0.15, -0.1) is 0 Å². The van der Waals surface area contributed by atoms with Crippen LogP contribution < -0.4 is 4.18 Å². The number of hydrogen-bond acceptors (Lipinski definition) is 4. The maximum absolute atomic E-state index is 12.2. The summed E-state index contributed by atoms with van der Waals surface area (Å²) in [7, 11) is 0.288. The Kier molecular flexibility index (Phi) is 5.44. The van der Waals surface area contributed by atoms with Crippen molar-refractivity contribution in [2.45, 2.75) is 31.2 Å². The summed E-state index contributed by atoms with van der Waals surface area (Å²) in [6.45, 7) is 4.05. The summed E-state index contributed by atoms with van der Waals surface area (Å²) in [4.78, 5) is 2.31. The zero-order chi connectivity index (χ0) is 17.0. The molecule has 0 radical (unpaired) electrons. The summed E-state index contributed by atoms with van der Waals surface area (Å²) in [6, 6.07) is 14.2. The second kappa shape index (κ2) is 7.15. The first-order valence-corrected chi connectivity index (χ1v) is 8.95. The summed E-state index contributed by atoms with van der Waals surface area (Å²) in [5, 5.41) is 0. The van der Waals surface area contributed by atoms with Crippen molar-refractivity contribution in [1.82, 2.24) is 4.90 Å². The summed E-state index contributed by atoms with van der Waals surface area (Å²) >= 11 is 0. The van der Waals surface area contributed by atoms with Gasteiger partial charge >= 0.3 is 10.1 Å². The fourth-order valence-electron chi connectivity index (χ4n) is 2.08. The molecule has 0 heterocycles. The number of hydrogen-bond donors (Lipinski definition) is 0. The molecule has 4 nitrogen and oxygen atoms in total. The van der Waals surface area contributed by atoms with E-state index in [9.17, 15) is 8.42 Å². The molecule has 0 N–H and O–H groups in total. The van der Waals surface area contributed by atoms with Crippen LogP contribution in [0.4, 0.5) is 0 Å². The molecule has 0 spiro atoms. The predicted molar refractivity (Wildman–Crippen MR) is 92.3 cm³/mol. The average Bonchev–Trinajstić information content (AvgIpc) is 2.49. The number of aryl methyl sites for hydroxylation is 1. The van der Waals surface area contributed by atoms with Gasteiger partial charge in [-0.25, -0.2) is 0 Å². The largest absolute Gasteiger partial charge is 0.379 e. The molecule has 0 aliphatic rings. The van der Waals surface area contributed by atoms with E-state index in [1.807, 2.05) is 33.2 Å². The minimum absolute atomic E-state index is 0.161. The van der Waals surface area contributed by atoms with Gasteiger partial charge in [0, 0.05) is 6.04 Å². The summed E-state index contributed by atoms with van der Waals surface area (Å²) < 4.78 is 29.7. The Hall–Kier alpha value is -1.85. The fraction of sp³-hybridized carbons (Fsp3) is 0.333. The van der Waals surface area contributed by atoms with E-state index >= 15 is 0 Å². The number of likely N-dealkylation sites (N-methyl/N-ethyl adjacent to an activating group) is 1. The summed E-state index contributed by atoms with van der Waals surface area (Å²) in [5.41, 5.74) is 2.15. The first kappa shape index (κ1) is 17.5. The molecule has 0 aromatic heterocycles. The van der Waals surface area contributed by atoms with E-state index in [-0.39, 0.29) is 4.90 Å². The molecule has 5 heteroatoms. The smallest absolute Gasteiger partial charge is 0.339 e. The van der Waals surface area contributed by atoms with Crippen LogP contribution in [0.3, 0.4) is 0 Å². The molecular formula is C18H23NO3S. The first-order valence-electron chi connectivity index (χ1n) is 7.54. The van der Waals surface area contributed by atoms with Gasteiger partial charge in [-0.1, -0.05) is 29.8 Å². The molecule has 124 valence electrons. The zero-order valence-electron chi connectivity index (χ0n) is 14.0. The average molecular weight is 333 g/mol. The second-order valence-corrected chi connectivity index (χ2v) is 7.56. The number of rotatable bonds is 6.